The first-order chi connectivity index (χ1) is 3.84. The molecule has 2 atom stereocenters. The number of rotatable bonds is 3. The molecule has 0 amide bonds. The van der Waals surface area contributed by atoms with Gasteiger partial charge in [-0.15, -0.1) is 0 Å². The van der Waals surface area contributed by atoms with Crippen LogP contribution in [0.25, 0.3) is 0 Å². The highest BCUT2D eigenvalue weighted by Crippen LogP contribution is 2.32. The second-order valence-electron chi connectivity index (χ2n) is 2.17. The summed E-state index contributed by atoms with van der Waals surface area (Å²) in [6.45, 7) is 1.21. The molecule has 1 fully saturated rings. The largest absolute Gasteiger partial charge is 0.318 e. The molecule has 0 aliphatic heterocycles. The van der Waals surface area contributed by atoms with Gasteiger partial charge in [-0.25, -0.2) is 4.39 Å². The number of halogens is 1. The van der Waals surface area contributed by atoms with Gasteiger partial charge in [-0.1, -0.05) is 0 Å². The summed E-state index contributed by atoms with van der Waals surface area (Å²) in [5.41, 5.74) is 5.12. The molecule has 48 valence electrons. The summed E-state index contributed by atoms with van der Waals surface area (Å²) in [5.74, 6) is 0.263. The lowest BCUT2D eigenvalue weighted by Crippen LogP contribution is -2.24. The Kier molecular flexibility index (Phi) is 1.81. The minimum Gasteiger partial charge on any atom is -0.318 e. The first-order valence-corrected chi connectivity index (χ1v) is 2.89. The Hall–Kier alpha value is -0.150. The van der Waals surface area contributed by atoms with E-state index in [4.69, 9.17) is 5.73 Å². The quantitative estimate of drug-likeness (QED) is 0.506. The monoisotopic (exact) mass is 118 g/mol. The fourth-order valence-corrected chi connectivity index (χ4v) is 0.691. The van der Waals surface area contributed by atoms with Gasteiger partial charge in [-0.2, -0.15) is 0 Å². The molecule has 1 aliphatic carbocycles. The highest BCUT2D eigenvalue weighted by molar-refractivity contribution is 4.87. The molecule has 0 aromatic heterocycles. The number of nitrogens with two attached hydrogens (primary N) is 1. The smallest absolute Gasteiger partial charge is 0.105 e. The molecule has 0 radical (unpaired) electrons. The van der Waals surface area contributed by atoms with Gasteiger partial charge in [0.1, 0.15) is 6.17 Å². The summed E-state index contributed by atoms with van der Waals surface area (Å²) in [4.78, 5) is 0. The maximum Gasteiger partial charge on any atom is 0.105 e. The van der Waals surface area contributed by atoms with E-state index in [-0.39, 0.29) is 5.92 Å². The van der Waals surface area contributed by atoms with Crippen LogP contribution in [0.1, 0.15) is 6.42 Å². The summed E-state index contributed by atoms with van der Waals surface area (Å²) in [6.07, 6.45) is 0.182. The van der Waals surface area contributed by atoms with Crippen molar-refractivity contribution in [1.82, 2.24) is 5.32 Å². The summed E-state index contributed by atoms with van der Waals surface area (Å²) < 4.78 is 12.0. The van der Waals surface area contributed by atoms with E-state index in [1.54, 1.807) is 0 Å². The Labute approximate surface area is 48.2 Å². The molecule has 0 spiro atoms. The average molecular weight is 118 g/mol. The van der Waals surface area contributed by atoms with Gasteiger partial charge in [0.05, 0.1) is 0 Å². The van der Waals surface area contributed by atoms with Crippen LogP contribution in [0.3, 0.4) is 0 Å². The SMILES string of the molecule is NCNCC1C[C@@H]1F. The number of nitrogens with one attached hydrogen (secondary N) is 1. The Morgan fingerprint density at radius 1 is 1.75 bits per heavy atom. The lowest BCUT2D eigenvalue weighted by atomic mass is 10.4. The van der Waals surface area contributed by atoms with E-state index >= 15 is 0 Å². The van der Waals surface area contributed by atoms with Crippen molar-refractivity contribution >= 4 is 0 Å². The zero-order chi connectivity index (χ0) is 5.98. The molecule has 0 heterocycles. The third-order valence-electron chi connectivity index (χ3n) is 1.39. The van der Waals surface area contributed by atoms with Crippen molar-refractivity contribution in [2.75, 3.05) is 13.2 Å². The van der Waals surface area contributed by atoms with Crippen molar-refractivity contribution in [1.29, 1.82) is 0 Å². The van der Waals surface area contributed by atoms with Crippen molar-refractivity contribution in [2.24, 2.45) is 11.7 Å². The fraction of sp³-hybridized carbons (Fsp3) is 1.00. The van der Waals surface area contributed by atoms with Crippen molar-refractivity contribution in [2.45, 2.75) is 12.6 Å². The Morgan fingerprint density at radius 2 is 2.38 bits per heavy atom. The number of hydrogen-bond donors (Lipinski definition) is 2. The van der Waals surface area contributed by atoms with E-state index in [1.807, 2.05) is 0 Å². The van der Waals surface area contributed by atoms with Crippen LogP contribution in [-0.2, 0) is 0 Å². The zero-order valence-electron chi connectivity index (χ0n) is 4.73. The third-order valence-corrected chi connectivity index (χ3v) is 1.39. The van der Waals surface area contributed by atoms with Gasteiger partial charge in [0, 0.05) is 19.1 Å². The zero-order valence-corrected chi connectivity index (χ0v) is 4.73. The fourth-order valence-electron chi connectivity index (χ4n) is 0.691. The normalized spacial score (nSPS) is 35.2. The first kappa shape index (κ1) is 5.98. The van der Waals surface area contributed by atoms with Gasteiger partial charge < -0.3 is 11.1 Å². The minimum absolute atomic E-state index is 0.263. The maximum atomic E-state index is 12.0. The van der Waals surface area contributed by atoms with Crippen LogP contribution in [-0.4, -0.2) is 19.4 Å². The molecule has 0 bridgehead atoms. The minimum atomic E-state index is -0.547. The molecule has 1 unspecified atom stereocenters. The lowest BCUT2D eigenvalue weighted by Gasteiger charge is -1.94. The highest BCUT2D eigenvalue weighted by Gasteiger charge is 2.36. The van der Waals surface area contributed by atoms with Gasteiger partial charge >= 0.3 is 0 Å². The van der Waals surface area contributed by atoms with Crippen LogP contribution in [0.5, 0.6) is 0 Å². The molecule has 1 saturated carbocycles. The Morgan fingerprint density at radius 3 is 2.75 bits per heavy atom. The van der Waals surface area contributed by atoms with Crippen molar-refractivity contribution in [3.63, 3.8) is 0 Å². The van der Waals surface area contributed by atoms with E-state index in [1.165, 1.54) is 0 Å². The summed E-state index contributed by atoms with van der Waals surface area (Å²) in [5, 5.41) is 2.88. The second-order valence-corrected chi connectivity index (χ2v) is 2.17. The lowest BCUT2D eigenvalue weighted by molar-refractivity contribution is 0.437. The third kappa shape index (κ3) is 1.42. The molecule has 8 heavy (non-hydrogen) atoms. The van der Waals surface area contributed by atoms with Gasteiger partial charge in [-0.05, 0) is 6.42 Å². The molecule has 1 aliphatic rings. The molecule has 2 nitrogen and oxygen atoms in total. The van der Waals surface area contributed by atoms with E-state index in [0.717, 1.165) is 13.0 Å². The van der Waals surface area contributed by atoms with Gasteiger partial charge in [0.2, 0.25) is 0 Å². The van der Waals surface area contributed by atoms with Crippen molar-refractivity contribution in [3.8, 4) is 0 Å². The van der Waals surface area contributed by atoms with Gasteiger partial charge in [0.25, 0.3) is 0 Å². The van der Waals surface area contributed by atoms with E-state index in [2.05, 4.69) is 5.32 Å². The van der Waals surface area contributed by atoms with Crippen LogP contribution in [0.15, 0.2) is 0 Å². The average Bonchev–Trinajstić information content (AvgIpc) is 2.42. The summed E-state index contributed by atoms with van der Waals surface area (Å²) >= 11 is 0. The molecule has 3 heteroatoms. The van der Waals surface area contributed by atoms with E-state index in [9.17, 15) is 4.39 Å². The number of alkyl halides is 1. The molecule has 0 aromatic carbocycles. The van der Waals surface area contributed by atoms with Crippen LogP contribution >= 0.6 is 0 Å². The van der Waals surface area contributed by atoms with Gasteiger partial charge in [-0.3, -0.25) is 0 Å². The molecular weight excluding hydrogens is 107 g/mol. The summed E-state index contributed by atoms with van der Waals surface area (Å²) in [6, 6.07) is 0. The van der Waals surface area contributed by atoms with Gasteiger partial charge in [0.15, 0.2) is 0 Å². The summed E-state index contributed by atoms with van der Waals surface area (Å²) in [7, 11) is 0. The van der Waals surface area contributed by atoms with Crippen LogP contribution in [0.4, 0.5) is 4.39 Å². The molecule has 1 rings (SSSR count). The highest BCUT2D eigenvalue weighted by atomic mass is 19.1. The molecule has 3 N–H and O–H groups in total. The Balaban J connectivity index is 1.89. The predicted molar refractivity (Wildman–Crippen MR) is 30.1 cm³/mol. The molecule has 0 aromatic rings. The molecule has 0 saturated heterocycles. The predicted octanol–water partition coefficient (Wildman–Crippen LogP) is -0.150. The van der Waals surface area contributed by atoms with Crippen LogP contribution < -0.4 is 11.1 Å². The number of hydrogen-bond acceptors (Lipinski definition) is 2. The van der Waals surface area contributed by atoms with Crippen LogP contribution in [0.2, 0.25) is 0 Å². The van der Waals surface area contributed by atoms with E-state index in [0.29, 0.717) is 6.67 Å². The first-order valence-electron chi connectivity index (χ1n) is 2.89. The topological polar surface area (TPSA) is 38.0 Å². The van der Waals surface area contributed by atoms with Crippen LogP contribution in [0, 0.1) is 5.92 Å². The Bertz CT molecular complexity index is 76.8. The second kappa shape index (κ2) is 2.42. The van der Waals surface area contributed by atoms with Crippen molar-refractivity contribution in [3.05, 3.63) is 0 Å². The standard InChI is InChI=1S/C5H11FN2/c6-5-1-4(5)2-8-3-7/h4-5,8H,1-3,7H2/t4?,5-/m0/s1. The van der Waals surface area contributed by atoms with E-state index < -0.39 is 6.17 Å². The molecular formula is C5H11FN2. The van der Waals surface area contributed by atoms with Crippen molar-refractivity contribution < 1.29 is 4.39 Å². The maximum absolute atomic E-state index is 12.0.